The highest BCUT2D eigenvalue weighted by Crippen LogP contribution is 2.20. The monoisotopic (exact) mass is 488 g/mol. The smallest absolute Gasteiger partial charge is 0.194 e. The van der Waals surface area contributed by atoms with Gasteiger partial charge in [-0.2, -0.15) is 0 Å². The summed E-state index contributed by atoms with van der Waals surface area (Å²) in [5.74, 6) is 3.50. The van der Waals surface area contributed by atoms with Crippen molar-refractivity contribution < 1.29 is 0 Å². The number of likely N-dealkylation sites (tertiary alicyclic amines) is 2. The minimum absolute atomic E-state index is 0. The van der Waals surface area contributed by atoms with E-state index < -0.39 is 0 Å². The van der Waals surface area contributed by atoms with E-state index in [9.17, 15) is 0 Å². The molecule has 1 N–H and O–H groups in total. The maximum atomic E-state index is 4.52. The van der Waals surface area contributed by atoms with Crippen LogP contribution in [0.1, 0.15) is 45.4 Å². The SMILES string of the molecule is CN=C(NCc1nccn1CC(C)C)N1CCC(CN2CCCCC2)C1.I. The van der Waals surface area contributed by atoms with Gasteiger partial charge in [-0.1, -0.05) is 20.3 Å². The number of hydrogen-bond acceptors (Lipinski definition) is 3. The average Bonchev–Trinajstić information content (AvgIpc) is 3.26. The lowest BCUT2D eigenvalue weighted by Crippen LogP contribution is -2.41. The van der Waals surface area contributed by atoms with Gasteiger partial charge in [-0.25, -0.2) is 4.98 Å². The Bertz CT molecular complexity index is 579. The standard InChI is InChI=1S/C20H36N6.HI/c1-17(2)14-25-12-8-22-19(25)13-23-20(21-3)26-11-7-18(16-26)15-24-9-5-4-6-10-24;/h8,12,17-18H,4-7,9-11,13-16H2,1-3H3,(H,21,23);1H. The summed E-state index contributed by atoms with van der Waals surface area (Å²) in [5.41, 5.74) is 0. The van der Waals surface area contributed by atoms with Crippen LogP contribution in [0.15, 0.2) is 17.4 Å². The molecular weight excluding hydrogens is 451 g/mol. The summed E-state index contributed by atoms with van der Waals surface area (Å²) >= 11 is 0. The fourth-order valence-electron chi connectivity index (χ4n) is 4.24. The second kappa shape index (κ2) is 11.2. The largest absolute Gasteiger partial charge is 0.349 e. The summed E-state index contributed by atoms with van der Waals surface area (Å²) in [6.45, 7) is 12.3. The van der Waals surface area contributed by atoms with E-state index >= 15 is 0 Å². The van der Waals surface area contributed by atoms with Crippen LogP contribution in [0.5, 0.6) is 0 Å². The molecule has 1 atom stereocenters. The molecule has 3 rings (SSSR count). The summed E-state index contributed by atoms with van der Waals surface area (Å²) in [6.07, 6.45) is 9.41. The molecule has 2 aliphatic heterocycles. The maximum Gasteiger partial charge on any atom is 0.194 e. The molecule has 1 unspecified atom stereocenters. The molecule has 2 aliphatic rings. The summed E-state index contributed by atoms with van der Waals surface area (Å²) in [7, 11) is 1.89. The highest BCUT2D eigenvalue weighted by Gasteiger charge is 2.27. The lowest BCUT2D eigenvalue weighted by atomic mass is 10.1. The van der Waals surface area contributed by atoms with Crippen LogP contribution < -0.4 is 5.32 Å². The molecule has 0 amide bonds. The van der Waals surface area contributed by atoms with E-state index in [2.05, 4.69) is 49.7 Å². The fraction of sp³-hybridized carbons (Fsp3) is 0.800. The third kappa shape index (κ3) is 6.62. The van der Waals surface area contributed by atoms with Gasteiger partial charge >= 0.3 is 0 Å². The first kappa shape index (κ1) is 22.5. The Morgan fingerprint density at radius 1 is 1.26 bits per heavy atom. The van der Waals surface area contributed by atoms with E-state index in [0.29, 0.717) is 5.92 Å². The lowest BCUT2D eigenvalue weighted by molar-refractivity contribution is 0.198. The van der Waals surface area contributed by atoms with Crippen molar-refractivity contribution in [1.82, 2.24) is 24.7 Å². The van der Waals surface area contributed by atoms with Crippen molar-refractivity contribution in [1.29, 1.82) is 0 Å². The van der Waals surface area contributed by atoms with Crippen molar-refractivity contribution in [2.75, 3.05) is 39.8 Å². The van der Waals surface area contributed by atoms with E-state index in [-0.39, 0.29) is 24.0 Å². The molecule has 0 bridgehead atoms. The molecule has 27 heavy (non-hydrogen) atoms. The van der Waals surface area contributed by atoms with Crippen molar-refractivity contribution in [3.8, 4) is 0 Å². The van der Waals surface area contributed by atoms with Crippen molar-refractivity contribution in [3.05, 3.63) is 18.2 Å². The number of hydrogen-bond donors (Lipinski definition) is 1. The van der Waals surface area contributed by atoms with Gasteiger partial charge in [-0.05, 0) is 44.2 Å². The normalized spacial score (nSPS) is 21.6. The zero-order valence-electron chi connectivity index (χ0n) is 17.2. The zero-order valence-corrected chi connectivity index (χ0v) is 19.6. The summed E-state index contributed by atoms with van der Waals surface area (Å²) < 4.78 is 2.24. The predicted octanol–water partition coefficient (Wildman–Crippen LogP) is 3.04. The van der Waals surface area contributed by atoms with Crippen LogP contribution in [0, 0.1) is 11.8 Å². The van der Waals surface area contributed by atoms with Crippen LogP contribution in [0.4, 0.5) is 0 Å². The van der Waals surface area contributed by atoms with Gasteiger partial charge in [0.25, 0.3) is 0 Å². The molecule has 0 aromatic carbocycles. The van der Waals surface area contributed by atoms with E-state index in [1.54, 1.807) is 0 Å². The van der Waals surface area contributed by atoms with Gasteiger partial charge in [0.1, 0.15) is 5.82 Å². The van der Waals surface area contributed by atoms with Crippen LogP contribution in [0.25, 0.3) is 0 Å². The highest BCUT2D eigenvalue weighted by atomic mass is 127. The van der Waals surface area contributed by atoms with E-state index in [1.165, 1.54) is 45.3 Å². The third-order valence-corrected chi connectivity index (χ3v) is 5.53. The zero-order chi connectivity index (χ0) is 18.4. The average molecular weight is 488 g/mol. The number of piperidine rings is 1. The third-order valence-electron chi connectivity index (χ3n) is 5.53. The van der Waals surface area contributed by atoms with Gasteiger partial charge in [0, 0.05) is 45.6 Å². The molecule has 1 aromatic heterocycles. The molecule has 1 aromatic rings. The first-order valence-electron chi connectivity index (χ1n) is 10.3. The van der Waals surface area contributed by atoms with Crippen molar-refractivity contribution >= 4 is 29.9 Å². The topological polar surface area (TPSA) is 48.7 Å². The van der Waals surface area contributed by atoms with Gasteiger partial charge in [-0.15, -0.1) is 24.0 Å². The molecule has 154 valence electrons. The van der Waals surface area contributed by atoms with Gasteiger partial charge in [0.2, 0.25) is 0 Å². The van der Waals surface area contributed by atoms with E-state index in [4.69, 9.17) is 0 Å². The Kier molecular flexibility index (Phi) is 9.35. The van der Waals surface area contributed by atoms with E-state index in [1.807, 2.05) is 13.2 Å². The number of nitrogens with one attached hydrogen (secondary N) is 1. The molecule has 2 fully saturated rings. The Morgan fingerprint density at radius 3 is 2.74 bits per heavy atom. The highest BCUT2D eigenvalue weighted by molar-refractivity contribution is 14.0. The Balaban J connectivity index is 0.00000261. The second-order valence-electron chi connectivity index (χ2n) is 8.25. The molecular formula is C20H37IN6. The van der Waals surface area contributed by atoms with Crippen molar-refractivity contribution in [2.24, 2.45) is 16.8 Å². The van der Waals surface area contributed by atoms with Crippen LogP contribution in [0.2, 0.25) is 0 Å². The lowest BCUT2D eigenvalue weighted by Gasteiger charge is -2.29. The number of halogens is 1. The minimum Gasteiger partial charge on any atom is -0.349 e. The molecule has 6 nitrogen and oxygen atoms in total. The predicted molar refractivity (Wildman–Crippen MR) is 123 cm³/mol. The Labute approximate surface area is 181 Å². The number of rotatable bonds is 6. The Hall–Kier alpha value is -0.830. The number of aliphatic imine (C=N–C) groups is 1. The van der Waals surface area contributed by atoms with E-state index in [0.717, 1.165) is 43.9 Å². The summed E-state index contributed by atoms with van der Waals surface area (Å²) in [4.78, 5) is 14.1. The number of aromatic nitrogens is 2. The van der Waals surface area contributed by atoms with Crippen molar-refractivity contribution in [2.45, 2.75) is 52.6 Å². The van der Waals surface area contributed by atoms with Crippen LogP contribution in [-0.2, 0) is 13.1 Å². The van der Waals surface area contributed by atoms with Gasteiger partial charge in [0.05, 0.1) is 6.54 Å². The maximum absolute atomic E-state index is 4.52. The van der Waals surface area contributed by atoms with Crippen LogP contribution in [-0.4, -0.2) is 65.1 Å². The molecule has 3 heterocycles. The van der Waals surface area contributed by atoms with Gasteiger partial charge in [-0.3, -0.25) is 4.99 Å². The Morgan fingerprint density at radius 2 is 2.04 bits per heavy atom. The molecule has 2 saturated heterocycles. The molecule has 0 saturated carbocycles. The van der Waals surface area contributed by atoms with Gasteiger partial charge in [0.15, 0.2) is 5.96 Å². The molecule has 0 spiro atoms. The minimum atomic E-state index is 0. The fourth-order valence-corrected chi connectivity index (χ4v) is 4.24. The number of imidazole rings is 1. The van der Waals surface area contributed by atoms with Crippen LogP contribution >= 0.6 is 24.0 Å². The first-order chi connectivity index (χ1) is 12.7. The second-order valence-corrected chi connectivity index (χ2v) is 8.25. The molecule has 0 aliphatic carbocycles. The molecule has 7 heteroatoms. The van der Waals surface area contributed by atoms with Crippen molar-refractivity contribution in [3.63, 3.8) is 0 Å². The summed E-state index contributed by atoms with van der Waals surface area (Å²) in [5, 5.41) is 3.53. The summed E-state index contributed by atoms with van der Waals surface area (Å²) in [6, 6.07) is 0. The number of nitrogens with zero attached hydrogens (tertiary/aromatic N) is 5. The quantitative estimate of drug-likeness (QED) is 0.380. The molecule has 0 radical (unpaired) electrons. The number of guanidine groups is 1. The first-order valence-corrected chi connectivity index (χ1v) is 10.3. The van der Waals surface area contributed by atoms with Crippen LogP contribution in [0.3, 0.4) is 0 Å². The van der Waals surface area contributed by atoms with Gasteiger partial charge < -0.3 is 19.7 Å².